The third-order valence-electron chi connectivity index (χ3n) is 2.48. The molecule has 1 heterocycles. The van der Waals surface area contributed by atoms with Crippen molar-refractivity contribution >= 4 is 15.7 Å². The highest BCUT2D eigenvalue weighted by molar-refractivity contribution is 7.91. The second-order valence-corrected chi connectivity index (χ2v) is 6.36. The molecule has 1 aliphatic heterocycles. The molecule has 1 atom stereocenters. The van der Waals surface area contributed by atoms with Gasteiger partial charge in [0.1, 0.15) is 0 Å². The summed E-state index contributed by atoms with van der Waals surface area (Å²) in [5.74, 6) is 0.109. The first-order valence-electron chi connectivity index (χ1n) is 5.16. The summed E-state index contributed by atoms with van der Waals surface area (Å²) >= 11 is 0. The molecule has 0 aromatic rings. The molecule has 1 rings (SSSR count). The summed E-state index contributed by atoms with van der Waals surface area (Å²) < 4.78 is 22.6. The quantitative estimate of drug-likeness (QED) is 0.649. The topological polar surface area (TPSA) is 75.3 Å². The van der Waals surface area contributed by atoms with Crippen LogP contribution >= 0.6 is 0 Å². The lowest BCUT2D eigenvalue weighted by atomic mass is 10.0. The zero-order valence-corrected chi connectivity index (χ0v) is 9.93. The number of sulfone groups is 1. The summed E-state index contributed by atoms with van der Waals surface area (Å²) in [6, 6.07) is -0.303. The van der Waals surface area contributed by atoms with Crippen LogP contribution in [0.5, 0.6) is 0 Å². The maximum absolute atomic E-state index is 11.5. The summed E-state index contributed by atoms with van der Waals surface area (Å²) in [5.41, 5.74) is 0. The Morgan fingerprint density at radius 3 is 2.53 bits per heavy atom. The van der Waals surface area contributed by atoms with E-state index in [0.29, 0.717) is 13.1 Å². The Kier molecular flexibility index (Phi) is 4.10. The van der Waals surface area contributed by atoms with Crippen LogP contribution in [-0.2, 0) is 14.6 Å². The second kappa shape index (κ2) is 4.94. The Morgan fingerprint density at radius 1 is 1.53 bits per heavy atom. The monoisotopic (exact) mass is 234 g/mol. The molecule has 1 amide bonds. The molecule has 2 N–H and O–H groups in total. The van der Waals surface area contributed by atoms with Crippen LogP contribution in [0.4, 0.5) is 0 Å². The molecule has 0 saturated carbocycles. The van der Waals surface area contributed by atoms with Crippen LogP contribution < -0.4 is 10.6 Å². The zero-order chi connectivity index (χ0) is 11.5. The van der Waals surface area contributed by atoms with Gasteiger partial charge >= 0.3 is 0 Å². The van der Waals surface area contributed by atoms with E-state index in [0.717, 1.165) is 0 Å². The van der Waals surface area contributed by atoms with Gasteiger partial charge in [-0.15, -0.1) is 0 Å². The standard InChI is InChI=1S/C9H18N2O3S/c1-3-15(13,14)6-7(2)11-9(12)8-4-10-5-8/h7-8,10H,3-6H2,1-2H3,(H,11,12). The van der Waals surface area contributed by atoms with Crippen molar-refractivity contribution in [3.05, 3.63) is 0 Å². The van der Waals surface area contributed by atoms with Gasteiger partial charge in [0.05, 0.1) is 11.7 Å². The van der Waals surface area contributed by atoms with Gasteiger partial charge in [-0.1, -0.05) is 6.92 Å². The van der Waals surface area contributed by atoms with Crippen LogP contribution in [0, 0.1) is 5.92 Å². The first-order valence-corrected chi connectivity index (χ1v) is 6.98. The van der Waals surface area contributed by atoms with E-state index in [1.54, 1.807) is 13.8 Å². The summed E-state index contributed by atoms with van der Waals surface area (Å²) in [6.07, 6.45) is 0. The highest BCUT2D eigenvalue weighted by atomic mass is 32.2. The van der Waals surface area contributed by atoms with Gasteiger partial charge < -0.3 is 10.6 Å². The maximum Gasteiger partial charge on any atom is 0.225 e. The van der Waals surface area contributed by atoms with Crippen molar-refractivity contribution in [2.24, 2.45) is 5.92 Å². The molecular weight excluding hydrogens is 216 g/mol. The molecule has 15 heavy (non-hydrogen) atoms. The lowest BCUT2D eigenvalue weighted by Crippen LogP contribution is -2.53. The van der Waals surface area contributed by atoms with Crippen molar-refractivity contribution in [2.45, 2.75) is 19.9 Å². The lowest BCUT2D eigenvalue weighted by Gasteiger charge is -2.27. The molecule has 1 saturated heterocycles. The van der Waals surface area contributed by atoms with Crippen LogP contribution in [0.2, 0.25) is 0 Å². The van der Waals surface area contributed by atoms with Crippen molar-refractivity contribution in [2.75, 3.05) is 24.6 Å². The van der Waals surface area contributed by atoms with Crippen molar-refractivity contribution in [1.82, 2.24) is 10.6 Å². The molecule has 1 unspecified atom stereocenters. The molecule has 1 fully saturated rings. The number of nitrogens with one attached hydrogen (secondary N) is 2. The molecule has 0 aromatic heterocycles. The van der Waals surface area contributed by atoms with Crippen molar-refractivity contribution < 1.29 is 13.2 Å². The average molecular weight is 234 g/mol. The molecule has 0 bridgehead atoms. The largest absolute Gasteiger partial charge is 0.352 e. The summed E-state index contributed by atoms with van der Waals surface area (Å²) in [7, 11) is -3.01. The predicted octanol–water partition coefficient (Wildman–Crippen LogP) is -0.855. The van der Waals surface area contributed by atoms with Gasteiger partial charge in [0, 0.05) is 24.9 Å². The number of amides is 1. The first kappa shape index (κ1) is 12.4. The fraction of sp³-hybridized carbons (Fsp3) is 0.889. The average Bonchev–Trinajstić information content (AvgIpc) is 1.99. The third kappa shape index (κ3) is 3.79. The van der Waals surface area contributed by atoms with E-state index < -0.39 is 9.84 Å². The Labute approximate surface area is 90.5 Å². The van der Waals surface area contributed by atoms with Gasteiger partial charge in [0.15, 0.2) is 9.84 Å². The minimum absolute atomic E-state index is 0.0109. The van der Waals surface area contributed by atoms with E-state index in [-0.39, 0.29) is 29.4 Å². The van der Waals surface area contributed by atoms with E-state index in [1.807, 2.05) is 0 Å². The lowest BCUT2D eigenvalue weighted by molar-refractivity contribution is -0.126. The van der Waals surface area contributed by atoms with Crippen LogP contribution in [0.3, 0.4) is 0 Å². The van der Waals surface area contributed by atoms with E-state index >= 15 is 0 Å². The predicted molar refractivity (Wildman–Crippen MR) is 58.3 cm³/mol. The fourth-order valence-corrected chi connectivity index (χ4v) is 2.46. The normalized spacial score (nSPS) is 19.3. The first-order chi connectivity index (χ1) is 6.94. The van der Waals surface area contributed by atoms with E-state index in [1.165, 1.54) is 0 Å². The minimum atomic E-state index is -3.01. The molecule has 5 nitrogen and oxygen atoms in total. The fourth-order valence-electron chi connectivity index (χ4n) is 1.38. The highest BCUT2D eigenvalue weighted by Crippen LogP contribution is 2.03. The molecule has 0 spiro atoms. The van der Waals surface area contributed by atoms with Crippen LogP contribution in [0.1, 0.15) is 13.8 Å². The zero-order valence-electron chi connectivity index (χ0n) is 9.12. The number of carbonyl (C=O) groups is 1. The van der Waals surface area contributed by atoms with Crippen molar-refractivity contribution in [3.8, 4) is 0 Å². The Balaban J connectivity index is 2.35. The molecule has 0 aliphatic carbocycles. The Hall–Kier alpha value is -0.620. The molecule has 0 radical (unpaired) electrons. The Bertz CT molecular complexity index is 322. The van der Waals surface area contributed by atoms with Crippen LogP contribution in [-0.4, -0.2) is 45.0 Å². The minimum Gasteiger partial charge on any atom is -0.352 e. The number of hydrogen-bond acceptors (Lipinski definition) is 4. The number of carbonyl (C=O) groups excluding carboxylic acids is 1. The van der Waals surface area contributed by atoms with Crippen molar-refractivity contribution in [1.29, 1.82) is 0 Å². The van der Waals surface area contributed by atoms with E-state index in [4.69, 9.17) is 0 Å². The molecule has 1 aliphatic rings. The number of rotatable bonds is 5. The van der Waals surface area contributed by atoms with Gasteiger partial charge in [-0.3, -0.25) is 4.79 Å². The SMILES string of the molecule is CCS(=O)(=O)CC(C)NC(=O)C1CNC1. The van der Waals surface area contributed by atoms with Gasteiger partial charge in [0.25, 0.3) is 0 Å². The maximum atomic E-state index is 11.5. The van der Waals surface area contributed by atoms with Crippen LogP contribution in [0.15, 0.2) is 0 Å². The third-order valence-corrected chi connectivity index (χ3v) is 4.37. The number of hydrogen-bond donors (Lipinski definition) is 2. The highest BCUT2D eigenvalue weighted by Gasteiger charge is 2.26. The van der Waals surface area contributed by atoms with E-state index in [2.05, 4.69) is 10.6 Å². The van der Waals surface area contributed by atoms with Gasteiger partial charge in [-0.2, -0.15) is 0 Å². The van der Waals surface area contributed by atoms with Crippen LogP contribution in [0.25, 0.3) is 0 Å². The van der Waals surface area contributed by atoms with Gasteiger partial charge in [0.2, 0.25) is 5.91 Å². The molecular formula is C9H18N2O3S. The van der Waals surface area contributed by atoms with Gasteiger partial charge in [-0.25, -0.2) is 8.42 Å². The second-order valence-electron chi connectivity index (χ2n) is 3.96. The van der Waals surface area contributed by atoms with Gasteiger partial charge in [-0.05, 0) is 6.92 Å². The van der Waals surface area contributed by atoms with E-state index in [9.17, 15) is 13.2 Å². The molecule has 6 heteroatoms. The van der Waals surface area contributed by atoms with Crippen molar-refractivity contribution in [3.63, 3.8) is 0 Å². The summed E-state index contributed by atoms with van der Waals surface area (Å²) in [4.78, 5) is 11.5. The smallest absolute Gasteiger partial charge is 0.225 e. The Morgan fingerprint density at radius 2 is 2.13 bits per heavy atom. The summed E-state index contributed by atoms with van der Waals surface area (Å²) in [5, 5.41) is 5.71. The molecule has 88 valence electrons. The summed E-state index contributed by atoms with van der Waals surface area (Å²) in [6.45, 7) is 4.72. The molecule has 0 aromatic carbocycles.